The predicted molar refractivity (Wildman–Crippen MR) is 85.4 cm³/mol. The Labute approximate surface area is 132 Å². The highest BCUT2D eigenvalue weighted by Gasteiger charge is 2.28. The maximum absolute atomic E-state index is 13.2. The second kappa shape index (κ2) is 5.15. The van der Waals surface area contributed by atoms with Crippen molar-refractivity contribution >= 4 is 11.1 Å². The van der Waals surface area contributed by atoms with Crippen molar-refractivity contribution in [2.24, 2.45) is 0 Å². The number of halogens is 1. The summed E-state index contributed by atoms with van der Waals surface area (Å²) < 4.78 is 13.2. The Morgan fingerprint density at radius 1 is 0.870 bits per heavy atom. The minimum atomic E-state index is -0.327. The van der Waals surface area contributed by atoms with Crippen molar-refractivity contribution in [1.29, 1.82) is 5.26 Å². The van der Waals surface area contributed by atoms with Crippen molar-refractivity contribution in [3.8, 4) is 17.5 Å². The summed E-state index contributed by atoms with van der Waals surface area (Å²) in [5, 5.41) is 9.72. The van der Waals surface area contributed by atoms with Crippen LogP contribution in [0.15, 0.2) is 60.9 Å². The van der Waals surface area contributed by atoms with Gasteiger partial charge in [-0.2, -0.15) is 5.26 Å². The van der Waals surface area contributed by atoms with Crippen LogP contribution in [0, 0.1) is 17.1 Å². The molecule has 3 nitrogen and oxygen atoms in total. The van der Waals surface area contributed by atoms with Gasteiger partial charge in [-0.15, -0.1) is 0 Å². The van der Waals surface area contributed by atoms with Crippen LogP contribution in [0.1, 0.15) is 16.7 Å². The predicted octanol–water partition coefficient (Wildman–Crippen LogP) is 4.08. The third kappa shape index (κ3) is 2.02. The number of hydrogen-bond donors (Lipinski definition) is 0. The van der Waals surface area contributed by atoms with Gasteiger partial charge in [0.15, 0.2) is 0 Å². The van der Waals surface area contributed by atoms with Crippen LogP contribution in [-0.2, 0) is 0 Å². The lowest BCUT2D eigenvalue weighted by Crippen LogP contribution is -1.90. The minimum absolute atomic E-state index is 0.327. The largest absolute Gasteiger partial charge is 0.254 e. The van der Waals surface area contributed by atoms with Crippen molar-refractivity contribution < 1.29 is 4.39 Å². The molecule has 1 aromatic carbocycles. The SMILES string of the molecule is N#CC(=C1c2cccnc2-c2ncccc21)c1ccc(F)cc1. The number of aromatic nitrogens is 2. The average Bonchev–Trinajstić information content (AvgIpc) is 2.93. The molecule has 0 saturated carbocycles. The number of nitriles is 1. The van der Waals surface area contributed by atoms with Gasteiger partial charge in [0.1, 0.15) is 11.9 Å². The van der Waals surface area contributed by atoms with Crippen LogP contribution in [0.3, 0.4) is 0 Å². The zero-order valence-electron chi connectivity index (χ0n) is 12.0. The molecule has 0 fully saturated rings. The molecule has 0 saturated heterocycles. The van der Waals surface area contributed by atoms with Gasteiger partial charge in [0.05, 0.1) is 17.0 Å². The minimum Gasteiger partial charge on any atom is -0.254 e. The molecule has 4 rings (SSSR count). The Kier molecular flexibility index (Phi) is 2.99. The standard InChI is InChI=1S/C19H10FN3/c20-13-7-5-12(6-8-13)16(11-21)17-14-3-1-9-22-18(14)19-15(17)4-2-10-23-19/h1-10H. The van der Waals surface area contributed by atoms with Gasteiger partial charge in [-0.3, -0.25) is 9.97 Å². The van der Waals surface area contributed by atoms with Gasteiger partial charge in [-0.05, 0) is 29.8 Å². The monoisotopic (exact) mass is 299 g/mol. The molecule has 0 unspecified atom stereocenters. The summed E-state index contributed by atoms with van der Waals surface area (Å²) in [5.74, 6) is -0.327. The molecule has 0 spiro atoms. The Bertz CT molecular complexity index is 934. The summed E-state index contributed by atoms with van der Waals surface area (Å²) >= 11 is 0. The smallest absolute Gasteiger partial charge is 0.123 e. The fourth-order valence-corrected chi connectivity index (χ4v) is 2.89. The van der Waals surface area contributed by atoms with Crippen molar-refractivity contribution in [2.45, 2.75) is 0 Å². The Balaban J connectivity index is 2.07. The van der Waals surface area contributed by atoms with Crippen molar-refractivity contribution in [2.75, 3.05) is 0 Å². The molecule has 1 aliphatic carbocycles. The van der Waals surface area contributed by atoms with Crippen molar-refractivity contribution in [1.82, 2.24) is 9.97 Å². The third-order valence-corrected chi connectivity index (χ3v) is 3.87. The highest BCUT2D eigenvalue weighted by atomic mass is 19.1. The molecule has 4 heteroatoms. The lowest BCUT2D eigenvalue weighted by Gasteiger charge is -2.07. The van der Waals surface area contributed by atoms with Crippen LogP contribution in [0.25, 0.3) is 22.5 Å². The summed E-state index contributed by atoms with van der Waals surface area (Å²) in [6.07, 6.45) is 3.42. The zero-order chi connectivity index (χ0) is 15.8. The van der Waals surface area contributed by atoms with Gasteiger partial charge in [0.2, 0.25) is 0 Å². The molecule has 0 bridgehead atoms. The lowest BCUT2D eigenvalue weighted by atomic mass is 9.95. The maximum atomic E-state index is 13.2. The first-order valence-electron chi connectivity index (χ1n) is 7.11. The van der Waals surface area contributed by atoms with Gasteiger partial charge in [0.25, 0.3) is 0 Å². The molecule has 108 valence electrons. The van der Waals surface area contributed by atoms with Crippen molar-refractivity contribution in [3.05, 3.63) is 83.4 Å². The highest BCUT2D eigenvalue weighted by Crippen LogP contribution is 2.44. The van der Waals surface area contributed by atoms with E-state index >= 15 is 0 Å². The van der Waals surface area contributed by atoms with Crippen LogP contribution in [-0.4, -0.2) is 9.97 Å². The van der Waals surface area contributed by atoms with E-state index in [9.17, 15) is 9.65 Å². The van der Waals surface area contributed by atoms with Gasteiger partial charge in [-0.1, -0.05) is 24.3 Å². The quantitative estimate of drug-likeness (QED) is 0.498. The van der Waals surface area contributed by atoms with Gasteiger partial charge >= 0.3 is 0 Å². The molecule has 3 aromatic rings. The van der Waals surface area contributed by atoms with Crippen LogP contribution < -0.4 is 0 Å². The van der Waals surface area contributed by atoms with E-state index in [1.807, 2.05) is 24.3 Å². The molecule has 0 aliphatic heterocycles. The van der Waals surface area contributed by atoms with Gasteiger partial charge in [0, 0.05) is 29.1 Å². The van der Waals surface area contributed by atoms with Crippen LogP contribution >= 0.6 is 0 Å². The molecule has 0 atom stereocenters. The number of rotatable bonds is 1. The van der Waals surface area contributed by atoms with E-state index in [1.165, 1.54) is 12.1 Å². The zero-order valence-corrected chi connectivity index (χ0v) is 12.0. The van der Waals surface area contributed by atoms with Crippen LogP contribution in [0.4, 0.5) is 4.39 Å². The molecule has 2 aromatic heterocycles. The van der Waals surface area contributed by atoms with E-state index in [1.54, 1.807) is 24.5 Å². The Morgan fingerprint density at radius 2 is 1.43 bits per heavy atom. The Morgan fingerprint density at radius 3 is 1.96 bits per heavy atom. The third-order valence-electron chi connectivity index (χ3n) is 3.87. The normalized spacial score (nSPS) is 11.6. The van der Waals surface area contributed by atoms with E-state index in [4.69, 9.17) is 0 Å². The summed E-state index contributed by atoms with van der Waals surface area (Å²) in [6.45, 7) is 0. The second-order valence-electron chi connectivity index (χ2n) is 5.17. The number of allylic oxidation sites excluding steroid dienone is 1. The van der Waals surface area contributed by atoms with E-state index in [0.29, 0.717) is 11.1 Å². The molecule has 23 heavy (non-hydrogen) atoms. The first kappa shape index (κ1) is 13.4. The maximum Gasteiger partial charge on any atom is 0.123 e. The van der Waals surface area contributed by atoms with Gasteiger partial charge in [-0.25, -0.2) is 4.39 Å². The summed E-state index contributed by atoms with van der Waals surface area (Å²) in [7, 11) is 0. The molecule has 1 aliphatic rings. The number of pyridine rings is 2. The van der Waals surface area contributed by atoms with Crippen LogP contribution in [0.5, 0.6) is 0 Å². The van der Waals surface area contributed by atoms with E-state index in [0.717, 1.165) is 28.1 Å². The first-order chi connectivity index (χ1) is 11.3. The first-order valence-corrected chi connectivity index (χ1v) is 7.11. The molecular weight excluding hydrogens is 289 g/mol. The fraction of sp³-hybridized carbons (Fsp3) is 0. The average molecular weight is 299 g/mol. The number of nitrogens with zero attached hydrogens (tertiary/aromatic N) is 3. The van der Waals surface area contributed by atoms with E-state index in [2.05, 4.69) is 16.0 Å². The van der Waals surface area contributed by atoms with Gasteiger partial charge < -0.3 is 0 Å². The topological polar surface area (TPSA) is 49.6 Å². The lowest BCUT2D eigenvalue weighted by molar-refractivity contribution is 0.627. The van der Waals surface area contributed by atoms with E-state index < -0.39 is 0 Å². The molecular formula is C19H10FN3. The molecule has 0 N–H and O–H groups in total. The number of fused-ring (bicyclic) bond motifs is 3. The summed E-state index contributed by atoms with van der Waals surface area (Å²) in [5.41, 5.74) is 5.26. The number of benzene rings is 1. The Hall–Kier alpha value is -3.32. The number of hydrogen-bond acceptors (Lipinski definition) is 3. The molecule has 2 heterocycles. The van der Waals surface area contributed by atoms with Crippen molar-refractivity contribution in [3.63, 3.8) is 0 Å². The molecule has 0 amide bonds. The second-order valence-corrected chi connectivity index (χ2v) is 5.17. The molecule has 0 radical (unpaired) electrons. The van der Waals surface area contributed by atoms with E-state index in [-0.39, 0.29) is 5.82 Å². The fourth-order valence-electron chi connectivity index (χ4n) is 2.89. The van der Waals surface area contributed by atoms with Crippen LogP contribution in [0.2, 0.25) is 0 Å². The summed E-state index contributed by atoms with van der Waals surface area (Å²) in [6, 6.07) is 15.7. The highest BCUT2D eigenvalue weighted by molar-refractivity contribution is 6.11. The summed E-state index contributed by atoms with van der Waals surface area (Å²) in [4.78, 5) is 8.82.